The Kier molecular flexibility index (Phi) is 6.11. The molecule has 0 aliphatic rings. The second-order valence-electron chi connectivity index (χ2n) is 4.69. The monoisotopic (exact) mass is 435 g/mol. The van der Waals surface area contributed by atoms with Crippen LogP contribution in [0.5, 0.6) is 0 Å². The summed E-state index contributed by atoms with van der Waals surface area (Å²) in [6.45, 7) is 5.11. The van der Waals surface area contributed by atoms with Gasteiger partial charge in [0.1, 0.15) is 0 Å². The minimum atomic E-state index is 0.261. The average Bonchev–Trinajstić information content (AvgIpc) is 2.71. The third kappa shape index (κ3) is 4.08. The molecule has 0 saturated heterocycles. The van der Waals surface area contributed by atoms with Gasteiger partial charge < -0.3 is 5.32 Å². The van der Waals surface area contributed by atoms with Crippen LogP contribution in [0.2, 0.25) is 5.02 Å². The summed E-state index contributed by atoms with van der Waals surface area (Å²) in [4.78, 5) is 0. The first-order chi connectivity index (χ1) is 9.51. The predicted octanol–water partition coefficient (Wildman–Crippen LogP) is 6.13. The van der Waals surface area contributed by atoms with Crippen LogP contribution in [0.15, 0.2) is 31.8 Å². The normalized spacial score (nSPS) is 12.7. The van der Waals surface area contributed by atoms with Gasteiger partial charge in [0.15, 0.2) is 0 Å². The lowest BCUT2D eigenvalue weighted by Gasteiger charge is -2.18. The molecule has 0 radical (unpaired) electrons. The van der Waals surface area contributed by atoms with Gasteiger partial charge in [-0.05, 0) is 80.6 Å². The van der Waals surface area contributed by atoms with E-state index in [1.54, 1.807) is 11.3 Å². The fraction of sp³-hybridized carbons (Fsp3) is 0.333. The second kappa shape index (κ2) is 7.41. The van der Waals surface area contributed by atoms with Crippen molar-refractivity contribution in [3.63, 3.8) is 0 Å². The van der Waals surface area contributed by atoms with Crippen molar-refractivity contribution in [1.82, 2.24) is 5.32 Å². The zero-order valence-corrected chi connectivity index (χ0v) is 16.1. The Hall–Kier alpha value is 0.130. The number of likely N-dealkylation sites (N-methyl/N-ethyl adjacent to an activating group) is 1. The highest BCUT2D eigenvalue weighted by atomic mass is 79.9. The van der Waals surface area contributed by atoms with Gasteiger partial charge in [0, 0.05) is 11.1 Å². The number of rotatable bonds is 5. The number of benzene rings is 1. The van der Waals surface area contributed by atoms with Gasteiger partial charge in [0.2, 0.25) is 0 Å². The minimum Gasteiger partial charge on any atom is -0.310 e. The van der Waals surface area contributed by atoms with E-state index in [-0.39, 0.29) is 6.04 Å². The Morgan fingerprint density at radius 3 is 2.60 bits per heavy atom. The first-order valence-electron chi connectivity index (χ1n) is 6.44. The summed E-state index contributed by atoms with van der Waals surface area (Å²) < 4.78 is 2.30. The lowest BCUT2D eigenvalue weighted by molar-refractivity contribution is 0.549. The maximum absolute atomic E-state index is 6.36. The largest absolute Gasteiger partial charge is 0.310 e. The van der Waals surface area contributed by atoms with E-state index < -0.39 is 0 Å². The van der Waals surface area contributed by atoms with Crippen molar-refractivity contribution >= 4 is 54.8 Å². The fourth-order valence-electron chi connectivity index (χ4n) is 2.17. The van der Waals surface area contributed by atoms with Crippen LogP contribution in [0.25, 0.3) is 0 Å². The minimum absolute atomic E-state index is 0.261. The third-order valence-corrected chi connectivity index (χ3v) is 5.88. The van der Waals surface area contributed by atoms with E-state index in [9.17, 15) is 0 Å². The highest BCUT2D eigenvalue weighted by molar-refractivity contribution is 9.12. The summed E-state index contributed by atoms with van der Waals surface area (Å²) in [6.07, 6.45) is 0.884. The standard InChI is InChI=1S/C15H16Br2ClNS/c1-3-19-13(11-8-14(16)20-15(11)17)7-10-5-4-9(2)6-12(10)18/h4-6,8,13,19H,3,7H2,1-2H3. The average molecular weight is 438 g/mol. The Morgan fingerprint density at radius 1 is 1.30 bits per heavy atom. The van der Waals surface area contributed by atoms with Gasteiger partial charge in [0.05, 0.1) is 7.57 Å². The topological polar surface area (TPSA) is 12.0 Å². The molecule has 108 valence electrons. The Bertz CT molecular complexity index is 598. The summed E-state index contributed by atoms with van der Waals surface area (Å²) in [6, 6.07) is 8.69. The van der Waals surface area contributed by atoms with Crippen molar-refractivity contribution in [3.05, 3.63) is 53.6 Å². The van der Waals surface area contributed by atoms with Gasteiger partial charge in [-0.25, -0.2) is 0 Å². The molecule has 0 bridgehead atoms. The number of aryl methyl sites for hydroxylation is 1. The first-order valence-corrected chi connectivity index (χ1v) is 9.22. The second-order valence-corrected chi connectivity index (χ2v) is 8.85. The molecule has 0 fully saturated rings. The number of hydrogen-bond donors (Lipinski definition) is 1. The Labute approximate surface area is 146 Å². The van der Waals surface area contributed by atoms with Crippen LogP contribution in [0.4, 0.5) is 0 Å². The van der Waals surface area contributed by atoms with Crippen molar-refractivity contribution in [1.29, 1.82) is 0 Å². The summed E-state index contributed by atoms with van der Waals surface area (Å²) in [7, 11) is 0. The molecule has 20 heavy (non-hydrogen) atoms. The molecule has 0 amide bonds. The van der Waals surface area contributed by atoms with Crippen molar-refractivity contribution in [2.45, 2.75) is 26.3 Å². The third-order valence-electron chi connectivity index (χ3n) is 3.14. The Balaban J connectivity index is 2.27. The lowest BCUT2D eigenvalue weighted by Crippen LogP contribution is -2.23. The molecular weight excluding hydrogens is 421 g/mol. The van der Waals surface area contributed by atoms with Gasteiger partial charge in [-0.3, -0.25) is 0 Å². The molecule has 1 nitrogen and oxygen atoms in total. The number of hydrogen-bond acceptors (Lipinski definition) is 2. The van der Waals surface area contributed by atoms with Gasteiger partial charge in [-0.15, -0.1) is 11.3 Å². The van der Waals surface area contributed by atoms with Crippen molar-refractivity contribution < 1.29 is 0 Å². The van der Waals surface area contributed by atoms with Crippen LogP contribution in [0.1, 0.15) is 29.7 Å². The van der Waals surface area contributed by atoms with Gasteiger partial charge >= 0.3 is 0 Å². The zero-order valence-electron chi connectivity index (χ0n) is 11.3. The van der Waals surface area contributed by atoms with E-state index in [4.69, 9.17) is 11.6 Å². The maximum atomic E-state index is 6.36. The van der Waals surface area contributed by atoms with Crippen LogP contribution in [-0.4, -0.2) is 6.54 Å². The van der Waals surface area contributed by atoms with Crippen LogP contribution < -0.4 is 5.32 Å². The highest BCUT2D eigenvalue weighted by Gasteiger charge is 2.18. The molecule has 1 heterocycles. The van der Waals surface area contributed by atoms with E-state index in [0.717, 1.165) is 21.8 Å². The molecule has 1 atom stereocenters. The van der Waals surface area contributed by atoms with E-state index in [2.05, 4.69) is 69.2 Å². The molecular formula is C15H16Br2ClNS. The van der Waals surface area contributed by atoms with Crippen LogP contribution in [-0.2, 0) is 6.42 Å². The fourth-order valence-corrected chi connectivity index (χ4v) is 5.45. The van der Waals surface area contributed by atoms with E-state index in [0.29, 0.717) is 0 Å². The lowest BCUT2D eigenvalue weighted by atomic mass is 10.00. The summed E-state index contributed by atoms with van der Waals surface area (Å²) in [5.74, 6) is 0. The first kappa shape index (κ1) is 16.5. The summed E-state index contributed by atoms with van der Waals surface area (Å²) in [5.41, 5.74) is 3.65. The summed E-state index contributed by atoms with van der Waals surface area (Å²) >= 11 is 15.3. The highest BCUT2D eigenvalue weighted by Crippen LogP contribution is 2.37. The Morgan fingerprint density at radius 2 is 2.05 bits per heavy atom. The number of nitrogens with one attached hydrogen (secondary N) is 1. The maximum Gasteiger partial charge on any atom is 0.0758 e. The van der Waals surface area contributed by atoms with E-state index in [1.165, 1.54) is 20.5 Å². The molecule has 0 spiro atoms. The molecule has 1 aromatic carbocycles. The van der Waals surface area contributed by atoms with Crippen LogP contribution in [0.3, 0.4) is 0 Å². The molecule has 1 N–H and O–H groups in total. The predicted molar refractivity (Wildman–Crippen MR) is 96.0 cm³/mol. The SMILES string of the molecule is CCNC(Cc1ccc(C)cc1Cl)c1cc(Br)sc1Br. The molecule has 5 heteroatoms. The van der Waals surface area contributed by atoms with Gasteiger partial charge in [0.25, 0.3) is 0 Å². The molecule has 0 saturated carbocycles. The molecule has 2 rings (SSSR count). The van der Waals surface area contributed by atoms with Crippen LogP contribution >= 0.6 is 54.8 Å². The van der Waals surface area contributed by atoms with Crippen molar-refractivity contribution in [2.75, 3.05) is 6.54 Å². The molecule has 2 aromatic rings. The number of halogens is 3. The molecule has 1 unspecified atom stereocenters. The molecule has 1 aromatic heterocycles. The zero-order chi connectivity index (χ0) is 14.7. The van der Waals surface area contributed by atoms with Crippen molar-refractivity contribution in [2.24, 2.45) is 0 Å². The van der Waals surface area contributed by atoms with Crippen LogP contribution in [0, 0.1) is 6.92 Å². The van der Waals surface area contributed by atoms with E-state index in [1.807, 2.05) is 6.07 Å². The van der Waals surface area contributed by atoms with Crippen molar-refractivity contribution in [3.8, 4) is 0 Å². The number of thiophene rings is 1. The smallest absolute Gasteiger partial charge is 0.0758 e. The summed E-state index contributed by atoms with van der Waals surface area (Å²) in [5, 5.41) is 4.39. The molecule has 0 aliphatic heterocycles. The van der Waals surface area contributed by atoms with E-state index >= 15 is 0 Å². The quantitative estimate of drug-likeness (QED) is 0.593. The van der Waals surface area contributed by atoms with Gasteiger partial charge in [-0.1, -0.05) is 30.7 Å². The van der Waals surface area contributed by atoms with Gasteiger partial charge in [-0.2, -0.15) is 0 Å². The molecule has 0 aliphatic carbocycles.